The molecular formula is C13H10BrNO2S. The third-order valence-corrected chi connectivity index (χ3v) is 4.31. The molecule has 0 N–H and O–H groups in total. The van der Waals surface area contributed by atoms with E-state index in [2.05, 4.69) is 15.9 Å². The van der Waals surface area contributed by atoms with Crippen LogP contribution in [0.1, 0.15) is 12.0 Å². The predicted octanol–water partition coefficient (Wildman–Crippen LogP) is 3.81. The zero-order valence-electron chi connectivity index (χ0n) is 9.43. The van der Waals surface area contributed by atoms with Gasteiger partial charge in [0.05, 0.1) is 4.92 Å². The molecule has 1 aromatic carbocycles. The van der Waals surface area contributed by atoms with Crippen LogP contribution in [0, 0.1) is 10.1 Å². The Balaban J connectivity index is 2.38. The van der Waals surface area contributed by atoms with Gasteiger partial charge in [-0.15, -0.1) is 0 Å². The van der Waals surface area contributed by atoms with E-state index in [9.17, 15) is 10.1 Å². The molecule has 1 aliphatic rings. The molecule has 0 saturated carbocycles. The number of allylic oxidation sites excluding steroid dienone is 3. The molecule has 3 nitrogen and oxygen atoms in total. The van der Waals surface area contributed by atoms with Gasteiger partial charge in [-0.1, -0.05) is 42.5 Å². The summed E-state index contributed by atoms with van der Waals surface area (Å²) < 4.78 is 0.690. The summed E-state index contributed by atoms with van der Waals surface area (Å²) in [7, 11) is 0. The van der Waals surface area contributed by atoms with Crippen LogP contribution in [0.15, 0.2) is 52.2 Å². The van der Waals surface area contributed by atoms with Gasteiger partial charge < -0.3 is 0 Å². The standard InChI is InChI=1S/C13H10BrNO2S/c14-13-10(8-9-4-2-1-3-5-9)11(15(16)17)6-7-12(13)18/h1-6H,7-8H2. The maximum Gasteiger partial charge on any atom is 0.270 e. The van der Waals surface area contributed by atoms with Gasteiger partial charge in [0.25, 0.3) is 5.70 Å². The van der Waals surface area contributed by atoms with Crippen molar-refractivity contribution in [2.24, 2.45) is 0 Å². The topological polar surface area (TPSA) is 43.1 Å². The van der Waals surface area contributed by atoms with Gasteiger partial charge in [-0.2, -0.15) is 0 Å². The molecule has 1 aliphatic carbocycles. The number of nitrogens with zero attached hydrogens (tertiary/aromatic N) is 1. The number of hydrogen-bond acceptors (Lipinski definition) is 3. The maximum absolute atomic E-state index is 11.0. The molecule has 0 unspecified atom stereocenters. The van der Waals surface area contributed by atoms with E-state index in [0.29, 0.717) is 27.8 Å². The van der Waals surface area contributed by atoms with Crippen LogP contribution < -0.4 is 0 Å². The van der Waals surface area contributed by atoms with Crippen molar-refractivity contribution in [1.29, 1.82) is 0 Å². The summed E-state index contributed by atoms with van der Waals surface area (Å²) in [5.41, 5.74) is 1.84. The van der Waals surface area contributed by atoms with E-state index in [1.807, 2.05) is 30.3 Å². The van der Waals surface area contributed by atoms with Crippen LogP contribution in [-0.2, 0) is 6.42 Å². The highest BCUT2D eigenvalue weighted by Crippen LogP contribution is 2.30. The molecule has 92 valence electrons. The monoisotopic (exact) mass is 323 g/mol. The molecule has 0 fully saturated rings. The molecule has 0 radical (unpaired) electrons. The highest BCUT2D eigenvalue weighted by Gasteiger charge is 2.26. The summed E-state index contributed by atoms with van der Waals surface area (Å²) in [6.07, 6.45) is 2.55. The predicted molar refractivity (Wildman–Crippen MR) is 78.4 cm³/mol. The number of rotatable bonds is 3. The van der Waals surface area contributed by atoms with Gasteiger partial charge in [0.1, 0.15) is 0 Å². The van der Waals surface area contributed by atoms with Crippen molar-refractivity contribution in [2.75, 3.05) is 0 Å². The molecular weight excluding hydrogens is 314 g/mol. The van der Waals surface area contributed by atoms with Crippen LogP contribution in [0.5, 0.6) is 0 Å². The fraction of sp³-hybridized carbons (Fsp3) is 0.154. The van der Waals surface area contributed by atoms with Crippen LogP contribution in [0.3, 0.4) is 0 Å². The Kier molecular flexibility index (Phi) is 4.04. The van der Waals surface area contributed by atoms with E-state index in [0.717, 1.165) is 5.56 Å². The summed E-state index contributed by atoms with van der Waals surface area (Å²) in [5.74, 6) is 0. The normalized spacial score (nSPS) is 15.6. The summed E-state index contributed by atoms with van der Waals surface area (Å²) in [6, 6.07) is 9.65. The number of hydrogen-bond donors (Lipinski definition) is 0. The van der Waals surface area contributed by atoms with E-state index < -0.39 is 0 Å². The lowest BCUT2D eigenvalue weighted by molar-refractivity contribution is -0.421. The Labute approximate surface area is 118 Å². The number of halogens is 1. The van der Waals surface area contributed by atoms with Crippen molar-refractivity contribution in [2.45, 2.75) is 12.8 Å². The van der Waals surface area contributed by atoms with E-state index in [1.165, 1.54) is 0 Å². The van der Waals surface area contributed by atoms with Gasteiger partial charge in [-0.25, -0.2) is 0 Å². The average molecular weight is 324 g/mol. The molecule has 0 bridgehead atoms. The molecule has 0 aromatic heterocycles. The van der Waals surface area contributed by atoms with E-state index in [4.69, 9.17) is 12.2 Å². The van der Waals surface area contributed by atoms with Crippen molar-refractivity contribution < 1.29 is 4.92 Å². The average Bonchev–Trinajstić information content (AvgIpc) is 2.36. The van der Waals surface area contributed by atoms with Gasteiger partial charge in [-0.3, -0.25) is 10.1 Å². The van der Waals surface area contributed by atoms with Crippen LogP contribution >= 0.6 is 28.1 Å². The van der Waals surface area contributed by atoms with E-state index in [-0.39, 0.29) is 10.6 Å². The maximum atomic E-state index is 11.0. The van der Waals surface area contributed by atoms with Crippen LogP contribution in [0.25, 0.3) is 0 Å². The first kappa shape index (κ1) is 13.1. The summed E-state index contributed by atoms with van der Waals surface area (Å²) in [6.45, 7) is 0. The minimum absolute atomic E-state index is 0.152. The first-order valence-corrected chi connectivity index (χ1v) is 6.60. The van der Waals surface area contributed by atoms with Crippen molar-refractivity contribution in [3.63, 3.8) is 0 Å². The Morgan fingerprint density at radius 3 is 2.61 bits per heavy atom. The zero-order valence-corrected chi connectivity index (χ0v) is 11.8. The number of nitro groups is 1. The molecule has 0 atom stereocenters. The van der Waals surface area contributed by atoms with Gasteiger partial charge in [0.15, 0.2) is 0 Å². The minimum Gasteiger partial charge on any atom is -0.258 e. The lowest BCUT2D eigenvalue weighted by Gasteiger charge is -2.14. The SMILES string of the molecule is O=[N+]([O-])C1=CCC(=S)C(Br)=C1Cc1ccccc1. The highest BCUT2D eigenvalue weighted by molar-refractivity contribution is 9.12. The van der Waals surface area contributed by atoms with Crippen molar-refractivity contribution in [1.82, 2.24) is 0 Å². The van der Waals surface area contributed by atoms with Crippen molar-refractivity contribution in [3.8, 4) is 0 Å². The quantitative estimate of drug-likeness (QED) is 0.482. The van der Waals surface area contributed by atoms with Crippen molar-refractivity contribution in [3.05, 3.63) is 67.8 Å². The first-order chi connectivity index (χ1) is 8.59. The molecule has 1 aromatic rings. The second-order valence-corrected chi connectivity index (χ2v) is 5.21. The Morgan fingerprint density at radius 2 is 2.00 bits per heavy atom. The Hall–Kier alpha value is -1.33. The number of thiocarbonyl (C=S) groups is 1. The molecule has 5 heteroatoms. The summed E-state index contributed by atoms with van der Waals surface area (Å²) in [5, 5.41) is 11.0. The van der Waals surface area contributed by atoms with Crippen LogP contribution in [0.4, 0.5) is 0 Å². The molecule has 18 heavy (non-hydrogen) atoms. The highest BCUT2D eigenvalue weighted by atomic mass is 79.9. The molecule has 0 aliphatic heterocycles. The van der Waals surface area contributed by atoms with Gasteiger partial charge in [-0.05, 0) is 27.6 Å². The lowest BCUT2D eigenvalue weighted by Crippen LogP contribution is -2.13. The largest absolute Gasteiger partial charge is 0.270 e. The number of benzene rings is 1. The zero-order chi connectivity index (χ0) is 13.1. The smallest absolute Gasteiger partial charge is 0.258 e. The molecule has 0 saturated heterocycles. The minimum atomic E-state index is -0.346. The van der Waals surface area contributed by atoms with E-state index in [1.54, 1.807) is 6.08 Å². The Bertz CT molecular complexity index is 564. The fourth-order valence-corrected chi connectivity index (χ4v) is 2.55. The van der Waals surface area contributed by atoms with Gasteiger partial charge in [0, 0.05) is 27.8 Å². The van der Waals surface area contributed by atoms with E-state index >= 15 is 0 Å². The summed E-state index contributed by atoms with van der Waals surface area (Å²) in [4.78, 5) is 11.4. The fourth-order valence-electron chi connectivity index (χ4n) is 1.84. The summed E-state index contributed by atoms with van der Waals surface area (Å²) >= 11 is 8.57. The first-order valence-electron chi connectivity index (χ1n) is 5.40. The van der Waals surface area contributed by atoms with Gasteiger partial charge in [0.2, 0.25) is 0 Å². The molecule has 0 amide bonds. The van der Waals surface area contributed by atoms with Crippen LogP contribution in [-0.4, -0.2) is 9.79 Å². The second kappa shape index (κ2) is 5.54. The Morgan fingerprint density at radius 1 is 1.33 bits per heavy atom. The second-order valence-electron chi connectivity index (χ2n) is 3.93. The third-order valence-electron chi connectivity index (χ3n) is 2.72. The third kappa shape index (κ3) is 2.73. The molecule has 0 spiro atoms. The van der Waals surface area contributed by atoms with Crippen LogP contribution in [0.2, 0.25) is 0 Å². The molecule has 0 heterocycles. The lowest BCUT2D eigenvalue weighted by atomic mass is 9.97. The molecule has 2 rings (SSSR count). The van der Waals surface area contributed by atoms with Crippen molar-refractivity contribution >= 4 is 33.0 Å². The van der Waals surface area contributed by atoms with Gasteiger partial charge >= 0.3 is 0 Å².